The summed E-state index contributed by atoms with van der Waals surface area (Å²) < 4.78 is 5.38. The number of nitrogens with one attached hydrogen (secondary N) is 3. The van der Waals surface area contributed by atoms with Crippen molar-refractivity contribution in [3.63, 3.8) is 0 Å². The quantitative estimate of drug-likeness (QED) is 0.225. The van der Waals surface area contributed by atoms with Crippen LogP contribution in [-0.2, 0) is 9.53 Å². The van der Waals surface area contributed by atoms with Crippen LogP contribution in [0.4, 0.5) is 4.79 Å². The number of nitrogens with zero attached hydrogens (tertiary/aromatic N) is 3. The third-order valence-corrected chi connectivity index (χ3v) is 4.96. The maximum atomic E-state index is 12.1. The summed E-state index contributed by atoms with van der Waals surface area (Å²) in [6.07, 6.45) is 3.29. The number of alkyl carbamates (subject to hydrolysis) is 1. The third-order valence-electron chi connectivity index (χ3n) is 4.96. The SMILES string of the molecule is CCCC(CN=C(NCC)NC1CCN(CC(=O)N(C)C)CC1)NC(=O)OC(C)(C)C.I. The summed E-state index contributed by atoms with van der Waals surface area (Å²) in [4.78, 5) is 32.6. The first-order chi connectivity index (χ1) is 14.5. The van der Waals surface area contributed by atoms with E-state index in [9.17, 15) is 9.59 Å². The summed E-state index contributed by atoms with van der Waals surface area (Å²) in [5.74, 6) is 0.901. The number of aliphatic imine (C=N–C) groups is 1. The number of piperidine rings is 1. The molecular formula is C22H45IN6O3. The number of guanidine groups is 1. The predicted molar refractivity (Wildman–Crippen MR) is 141 cm³/mol. The summed E-state index contributed by atoms with van der Waals surface area (Å²) >= 11 is 0. The Morgan fingerprint density at radius 3 is 2.31 bits per heavy atom. The van der Waals surface area contributed by atoms with Crippen LogP contribution in [-0.4, -0.2) is 92.3 Å². The van der Waals surface area contributed by atoms with Crippen LogP contribution in [0.25, 0.3) is 0 Å². The summed E-state index contributed by atoms with van der Waals surface area (Å²) in [5.41, 5.74) is -0.521. The molecule has 1 atom stereocenters. The summed E-state index contributed by atoms with van der Waals surface area (Å²) in [6.45, 7) is 13.2. The molecule has 1 saturated heterocycles. The Morgan fingerprint density at radius 2 is 1.81 bits per heavy atom. The van der Waals surface area contributed by atoms with Crippen molar-refractivity contribution in [2.45, 2.75) is 78.0 Å². The third kappa shape index (κ3) is 13.3. The van der Waals surface area contributed by atoms with Crippen molar-refractivity contribution < 1.29 is 14.3 Å². The molecule has 1 aliphatic heterocycles. The molecule has 0 saturated carbocycles. The molecule has 1 unspecified atom stereocenters. The molecule has 0 aromatic rings. The Morgan fingerprint density at radius 1 is 1.19 bits per heavy atom. The number of likely N-dealkylation sites (tertiary alicyclic amines) is 1. The van der Waals surface area contributed by atoms with Crippen LogP contribution in [0.1, 0.15) is 60.3 Å². The number of hydrogen-bond donors (Lipinski definition) is 3. The highest BCUT2D eigenvalue weighted by Gasteiger charge is 2.23. The Hall–Kier alpha value is -1.30. The number of carbonyl (C=O) groups excluding carboxylic acids is 2. The monoisotopic (exact) mass is 568 g/mol. The highest BCUT2D eigenvalue weighted by molar-refractivity contribution is 14.0. The van der Waals surface area contributed by atoms with E-state index in [4.69, 9.17) is 9.73 Å². The van der Waals surface area contributed by atoms with Crippen molar-refractivity contribution in [3.05, 3.63) is 0 Å². The number of amides is 2. The molecule has 1 aliphatic rings. The maximum Gasteiger partial charge on any atom is 0.407 e. The van der Waals surface area contributed by atoms with Crippen LogP contribution in [0, 0.1) is 0 Å². The fourth-order valence-electron chi connectivity index (χ4n) is 3.31. The topological polar surface area (TPSA) is 98.3 Å². The molecule has 0 aliphatic carbocycles. The van der Waals surface area contributed by atoms with E-state index in [1.165, 1.54) is 0 Å². The van der Waals surface area contributed by atoms with Gasteiger partial charge < -0.3 is 25.6 Å². The van der Waals surface area contributed by atoms with Crippen molar-refractivity contribution in [2.24, 2.45) is 4.99 Å². The van der Waals surface area contributed by atoms with Gasteiger partial charge in [-0.2, -0.15) is 0 Å². The van der Waals surface area contributed by atoms with Gasteiger partial charge in [0.2, 0.25) is 5.91 Å². The second-order valence-corrected chi connectivity index (χ2v) is 9.33. The molecule has 2 amide bonds. The van der Waals surface area contributed by atoms with Crippen molar-refractivity contribution in [2.75, 3.05) is 46.8 Å². The lowest BCUT2D eigenvalue weighted by molar-refractivity contribution is -0.130. The van der Waals surface area contributed by atoms with Gasteiger partial charge in [0.25, 0.3) is 0 Å². The molecule has 1 heterocycles. The largest absolute Gasteiger partial charge is 0.444 e. The molecule has 32 heavy (non-hydrogen) atoms. The molecule has 10 heteroatoms. The molecule has 9 nitrogen and oxygen atoms in total. The van der Waals surface area contributed by atoms with Crippen molar-refractivity contribution in [1.29, 1.82) is 0 Å². The molecule has 1 rings (SSSR count). The van der Waals surface area contributed by atoms with E-state index in [2.05, 4.69) is 27.8 Å². The Balaban J connectivity index is 0.00000961. The summed E-state index contributed by atoms with van der Waals surface area (Å²) in [6, 6.07) is 0.237. The Labute approximate surface area is 211 Å². The van der Waals surface area contributed by atoms with Gasteiger partial charge >= 0.3 is 6.09 Å². The van der Waals surface area contributed by atoms with E-state index in [0.717, 1.165) is 51.3 Å². The first-order valence-electron chi connectivity index (χ1n) is 11.5. The zero-order chi connectivity index (χ0) is 23.4. The van der Waals surface area contributed by atoms with Crippen LogP contribution in [0.15, 0.2) is 4.99 Å². The smallest absolute Gasteiger partial charge is 0.407 e. The number of carbonyl (C=O) groups is 2. The number of ether oxygens (including phenoxy) is 1. The van der Waals surface area contributed by atoms with Gasteiger partial charge in [0.15, 0.2) is 5.96 Å². The molecule has 1 fully saturated rings. The van der Waals surface area contributed by atoms with E-state index in [-0.39, 0.29) is 35.9 Å². The Bertz CT molecular complexity index is 587. The highest BCUT2D eigenvalue weighted by atomic mass is 127. The minimum absolute atomic E-state index is 0. The lowest BCUT2D eigenvalue weighted by Crippen LogP contribution is -2.50. The molecule has 0 aromatic carbocycles. The molecule has 0 spiro atoms. The number of likely N-dealkylation sites (N-methyl/N-ethyl adjacent to an activating group) is 1. The molecule has 0 bridgehead atoms. The fraction of sp³-hybridized carbons (Fsp3) is 0.864. The van der Waals surface area contributed by atoms with Crippen LogP contribution in [0.2, 0.25) is 0 Å². The van der Waals surface area contributed by atoms with E-state index in [0.29, 0.717) is 19.1 Å². The van der Waals surface area contributed by atoms with Crippen molar-refractivity contribution in [3.8, 4) is 0 Å². The second-order valence-electron chi connectivity index (χ2n) is 9.33. The molecule has 0 aromatic heterocycles. The molecule has 0 radical (unpaired) electrons. The average molecular weight is 569 g/mol. The van der Waals surface area contributed by atoms with Crippen LogP contribution in [0.5, 0.6) is 0 Å². The zero-order valence-corrected chi connectivity index (χ0v) is 23.3. The number of hydrogen-bond acceptors (Lipinski definition) is 5. The van der Waals surface area contributed by atoms with E-state index >= 15 is 0 Å². The average Bonchev–Trinajstić information content (AvgIpc) is 2.66. The minimum Gasteiger partial charge on any atom is -0.444 e. The van der Waals surface area contributed by atoms with Gasteiger partial charge in [0.05, 0.1) is 19.1 Å². The maximum absolute atomic E-state index is 12.1. The van der Waals surface area contributed by atoms with E-state index in [1.54, 1.807) is 19.0 Å². The standard InChI is InChI=1S/C22H44N6O3.HI/c1-8-10-18(26-21(30)31-22(3,4)5)15-24-20(23-9-2)25-17-11-13-28(14-12-17)16-19(29)27(6)7;/h17-18H,8-16H2,1-7H3,(H,26,30)(H2,23,24,25);1H. The summed E-state index contributed by atoms with van der Waals surface area (Å²) in [5, 5.41) is 9.76. The minimum atomic E-state index is -0.521. The van der Waals surface area contributed by atoms with Gasteiger partial charge in [0, 0.05) is 39.8 Å². The second kappa shape index (κ2) is 15.5. The van der Waals surface area contributed by atoms with Crippen molar-refractivity contribution in [1.82, 2.24) is 25.8 Å². The first-order valence-corrected chi connectivity index (χ1v) is 11.5. The van der Waals surface area contributed by atoms with Gasteiger partial charge in [-0.3, -0.25) is 14.7 Å². The van der Waals surface area contributed by atoms with Gasteiger partial charge in [-0.15, -0.1) is 24.0 Å². The zero-order valence-electron chi connectivity index (χ0n) is 21.0. The van der Waals surface area contributed by atoms with E-state index < -0.39 is 11.7 Å². The normalized spacial score (nSPS) is 16.5. The molecule has 188 valence electrons. The van der Waals surface area contributed by atoms with Gasteiger partial charge in [-0.1, -0.05) is 13.3 Å². The highest BCUT2D eigenvalue weighted by Crippen LogP contribution is 2.11. The molecule has 3 N–H and O–H groups in total. The lowest BCUT2D eigenvalue weighted by atomic mass is 10.1. The number of rotatable bonds is 9. The lowest BCUT2D eigenvalue weighted by Gasteiger charge is -2.33. The van der Waals surface area contributed by atoms with E-state index in [1.807, 2.05) is 27.7 Å². The number of halogens is 1. The van der Waals surface area contributed by atoms with Crippen LogP contribution in [0.3, 0.4) is 0 Å². The first kappa shape index (κ1) is 30.7. The Kier molecular flexibility index (Phi) is 14.9. The van der Waals surface area contributed by atoms with Crippen LogP contribution < -0.4 is 16.0 Å². The van der Waals surface area contributed by atoms with Gasteiger partial charge in [-0.05, 0) is 47.0 Å². The molecular weight excluding hydrogens is 523 g/mol. The summed E-state index contributed by atoms with van der Waals surface area (Å²) in [7, 11) is 3.58. The van der Waals surface area contributed by atoms with Gasteiger partial charge in [-0.25, -0.2) is 4.79 Å². The van der Waals surface area contributed by atoms with Crippen LogP contribution >= 0.6 is 24.0 Å². The predicted octanol–water partition coefficient (Wildman–Crippen LogP) is 2.41. The van der Waals surface area contributed by atoms with Crippen molar-refractivity contribution >= 4 is 41.9 Å². The fourth-order valence-corrected chi connectivity index (χ4v) is 3.31. The van der Waals surface area contributed by atoms with Gasteiger partial charge in [0.1, 0.15) is 5.60 Å².